The fourth-order valence-electron chi connectivity index (χ4n) is 6.06. The molecule has 1 heterocycles. The van der Waals surface area contributed by atoms with Crippen LogP contribution < -0.4 is 10.4 Å². The third-order valence-electron chi connectivity index (χ3n) is 7.86. The van der Waals surface area contributed by atoms with E-state index in [0.717, 1.165) is 5.56 Å². The Labute approximate surface area is 252 Å². The first-order chi connectivity index (χ1) is 19.9. The molecule has 1 saturated heterocycles. The molecule has 0 radical (unpaired) electrons. The van der Waals surface area contributed by atoms with Gasteiger partial charge in [0.2, 0.25) is 0 Å². The van der Waals surface area contributed by atoms with Gasteiger partial charge in [-0.25, -0.2) is 4.79 Å². The molecule has 3 aromatic carbocycles. The molecular formula is C35H46N2O4Si. The van der Waals surface area contributed by atoms with E-state index >= 15 is 0 Å². The van der Waals surface area contributed by atoms with Crippen LogP contribution in [-0.4, -0.2) is 59.9 Å². The first-order valence-electron chi connectivity index (χ1n) is 14.8. The lowest BCUT2D eigenvalue weighted by molar-refractivity contribution is -0.136. The molecule has 0 unspecified atom stereocenters. The summed E-state index contributed by atoms with van der Waals surface area (Å²) >= 11 is 0. The minimum absolute atomic E-state index is 0.210. The van der Waals surface area contributed by atoms with Crippen LogP contribution in [0.5, 0.6) is 0 Å². The third kappa shape index (κ3) is 7.04. The Kier molecular flexibility index (Phi) is 9.78. The Balaban J connectivity index is 1.73. The van der Waals surface area contributed by atoms with E-state index in [2.05, 4.69) is 75.9 Å². The molecular weight excluding hydrogens is 540 g/mol. The quantitative estimate of drug-likeness (QED) is 0.179. The predicted octanol–water partition coefficient (Wildman–Crippen LogP) is 6.39. The lowest BCUT2D eigenvalue weighted by Crippen LogP contribution is -2.67. The largest absolute Gasteiger partial charge is 0.444 e. The zero-order chi connectivity index (χ0) is 30.5. The van der Waals surface area contributed by atoms with Crippen molar-refractivity contribution in [1.82, 2.24) is 9.96 Å². The highest BCUT2D eigenvalue weighted by Gasteiger charge is 2.54. The summed E-state index contributed by atoms with van der Waals surface area (Å²) in [5.74, 6) is 0. The van der Waals surface area contributed by atoms with Crippen molar-refractivity contribution >= 4 is 24.8 Å². The van der Waals surface area contributed by atoms with Crippen LogP contribution in [0.1, 0.15) is 53.5 Å². The van der Waals surface area contributed by atoms with Crippen molar-refractivity contribution < 1.29 is 19.2 Å². The highest BCUT2D eigenvalue weighted by Crippen LogP contribution is 2.40. The number of hydrogen-bond donors (Lipinski definition) is 1. The number of hydroxylamine groups is 2. The van der Waals surface area contributed by atoms with Crippen LogP contribution in [0.4, 0.5) is 4.79 Å². The Bertz CT molecular complexity index is 1270. The van der Waals surface area contributed by atoms with E-state index in [0.29, 0.717) is 19.5 Å². The Morgan fingerprint density at radius 2 is 1.45 bits per heavy atom. The van der Waals surface area contributed by atoms with E-state index in [1.54, 1.807) is 11.0 Å². The maximum absolute atomic E-state index is 13.6. The van der Waals surface area contributed by atoms with Crippen LogP contribution in [0.25, 0.3) is 0 Å². The fraction of sp³-hybridized carbons (Fsp3) is 0.400. The van der Waals surface area contributed by atoms with E-state index in [1.165, 1.54) is 15.4 Å². The van der Waals surface area contributed by atoms with Crippen LogP contribution in [0.15, 0.2) is 104 Å². The van der Waals surface area contributed by atoms with Gasteiger partial charge in [-0.05, 0) is 48.2 Å². The van der Waals surface area contributed by atoms with E-state index in [-0.39, 0.29) is 11.1 Å². The molecule has 0 aliphatic carbocycles. The Morgan fingerprint density at radius 1 is 0.952 bits per heavy atom. The Hall–Kier alpha value is -3.23. The molecule has 42 heavy (non-hydrogen) atoms. The molecule has 0 aromatic heterocycles. The normalized spacial score (nSPS) is 18.6. The molecule has 3 aromatic rings. The van der Waals surface area contributed by atoms with Crippen molar-refractivity contribution in [1.29, 1.82) is 0 Å². The molecule has 0 spiro atoms. The topological polar surface area (TPSA) is 62.2 Å². The summed E-state index contributed by atoms with van der Waals surface area (Å²) in [4.78, 5) is 15.4. The molecule has 6 nitrogen and oxygen atoms in total. The number of rotatable bonds is 9. The van der Waals surface area contributed by atoms with E-state index in [4.69, 9.17) is 9.16 Å². The van der Waals surface area contributed by atoms with Gasteiger partial charge in [0.25, 0.3) is 8.32 Å². The van der Waals surface area contributed by atoms with E-state index in [9.17, 15) is 10.0 Å². The number of ether oxygens (including phenoxy) is 1. The van der Waals surface area contributed by atoms with Crippen molar-refractivity contribution in [2.24, 2.45) is 0 Å². The first kappa shape index (κ1) is 31.7. The van der Waals surface area contributed by atoms with Gasteiger partial charge < -0.3 is 19.3 Å². The number of carbonyl (C=O) groups is 1. The van der Waals surface area contributed by atoms with Gasteiger partial charge in [-0.2, -0.15) is 5.06 Å². The molecule has 1 N–H and O–H groups in total. The van der Waals surface area contributed by atoms with Crippen LogP contribution >= 0.6 is 0 Å². The molecule has 224 valence electrons. The van der Waals surface area contributed by atoms with Crippen molar-refractivity contribution in [2.45, 2.75) is 83.3 Å². The third-order valence-corrected chi connectivity index (χ3v) is 13.0. The van der Waals surface area contributed by atoms with Crippen molar-refractivity contribution in [3.8, 4) is 0 Å². The predicted molar refractivity (Wildman–Crippen MR) is 172 cm³/mol. The molecule has 3 atom stereocenters. The van der Waals surface area contributed by atoms with Crippen LogP contribution in [0.3, 0.4) is 0 Å². The fourth-order valence-corrected chi connectivity index (χ4v) is 10.7. The molecule has 7 heteroatoms. The standard InChI is InChI=1S/C35H46N2O4Si/c1-8-31(37(39)25-27-18-12-9-13-19-27)32-24-28(26-36(32)33(38)40-34(2,3)4)41-42(35(5,6)7,29-20-14-10-15-21-29)30-22-16-11-17-23-30/h8-23,28,31-32,39H,1,24-26H2,2-7H3/t28-,31+,32+/m1/s1. The molecule has 0 bridgehead atoms. The summed E-state index contributed by atoms with van der Waals surface area (Å²) in [6.07, 6.45) is 1.56. The number of amides is 1. The number of benzene rings is 3. The number of nitrogens with zero attached hydrogens (tertiary/aromatic N) is 2. The maximum atomic E-state index is 13.6. The minimum Gasteiger partial charge on any atom is -0.444 e. The monoisotopic (exact) mass is 586 g/mol. The van der Waals surface area contributed by atoms with Gasteiger partial charge >= 0.3 is 6.09 Å². The second kappa shape index (κ2) is 13.0. The minimum atomic E-state index is -2.87. The van der Waals surface area contributed by atoms with Gasteiger partial charge in [0.15, 0.2) is 0 Å². The first-order valence-corrected chi connectivity index (χ1v) is 16.7. The van der Waals surface area contributed by atoms with Crippen molar-refractivity contribution in [2.75, 3.05) is 6.54 Å². The molecule has 1 fully saturated rings. The number of likely N-dealkylation sites (tertiary alicyclic amines) is 1. The molecule has 4 rings (SSSR count). The highest BCUT2D eigenvalue weighted by atomic mass is 28.4. The summed E-state index contributed by atoms with van der Waals surface area (Å²) in [7, 11) is -2.87. The number of hydrogen-bond acceptors (Lipinski definition) is 5. The Morgan fingerprint density at radius 3 is 1.90 bits per heavy atom. The highest BCUT2D eigenvalue weighted by molar-refractivity contribution is 6.99. The summed E-state index contributed by atoms with van der Waals surface area (Å²) in [6, 6.07) is 29.9. The zero-order valence-corrected chi connectivity index (χ0v) is 26.9. The summed E-state index contributed by atoms with van der Waals surface area (Å²) < 4.78 is 13.3. The lowest BCUT2D eigenvalue weighted by Gasteiger charge is -2.44. The van der Waals surface area contributed by atoms with Crippen LogP contribution in [-0.2, 0) is 15.7 Å². The van der Waals surface area contributed by atoms with Gasteiger partial charge in [-0.1, -0.05) is 118 Å². The number of carbonyl (C=O) groups excluding carboxylic acids is 1. The summed E-state index contributed by atoms with van der Waals surface area (Å²) in [5.41, 5.74) is 0.305. The van der Waals surface area contributed by atoms with Gasteiger partial charge in [0, 0.05) is 13.1 Å². The second-order valence-electron chi connectivity index (χ2n) is 13.1. The SMILES string of the molecule is C=C[C@@H]([C@@H]1C[C@@H](O[Si](c2ccccc2)(c2ccccc2)C(C)(C)C)CN1C(=O)OC(C)(C)C)N(O)Cc1ccccc1. The van der Waals surface area contributed by atoms with Crippen molar-refractivity contribution in [3.05, 3.63) is 109 Å². The van der Waals surface area contributed by atoms with Gasteiger partial charge in [-0.3, -0.25) is 0 Å². The van der Waals surface area contributed by atoms with E-state index < -0.39 is 32.1 Å². The molecule has 1 amide bonds. The second-order valence-corrected chi connectivity index (χ2v) is 17.4. The summed E-state index contributed by atoms with van der Waals surface area (Å²) in [5, 5.41) is 14.7. The van der Waals surface area contributed by atoms with Crippen LogP contribution in [0.2, 0.25) is 5.04 Å². The smallest absolute Gasteiger partial charge is 0.410 e. The summed E-state index contributed by atoms with van der Waals surface area (Å²) in [6.45, 7) is 17.1. The maximum Gasteiger partial charge on any atom is 0.410 e. The van der Waals surface area contributed by atoms with Gasteiger partial charge in [-0.15, -0.1) is 6.58 Å². The lowest BCUT2D eigenvalue weighted by atomic mass is 10.0. The van der Waals surface area contributed by atoms with Gasteiger partial charge in [0.05, 0.1) is 18.2 Å². The molecule has 1 aliphatic rings. The van der Waals surface area contributed by atoms with E-state index in [1.807, 2.05) is 63.2 Å². The van der Waals surface area contributed by atoms with Gasteiger partial charge in [0.1, 0.15) is 5.60 Å². The average molecular weight is 587 g/mol. The average Bonchev–Trinajstić information content (AvgIpc) is 3.35. The van der Waals surface area contributed by atoms with Crippen molar-refractivity contribution in [3.63, 3.8) is 0 Å². The van der Waals surface area contributed by atoms with Crippen LogP contribution in [0, 0.1) is 0 Å². The molecule has 0 saturated carbocycles. The zero-order valence-electron chi connectivity index (χ0n) is 25.9. The molecule has 1 aliphatic heterocycles.